The molecular formula is C5F8O3S. The fourth-order valence-corrected chi connectivity index (χ4v) is 1.36. The third-order valence-electron chi connectivity index (χ3n) is 1.66. The number of hydrogen-bond acceptors (Lipinski definition) is 3. The maximum absolute atomic E-state index is 12.8. The average molecular weight is 292 g/mol. The van der Waals surface area contributed by atoms with Gasteiger partial charge < -0.3 is 0 Å². The minimum Gasteiger partial charge on any atom is -0.209 e. The Balaban J connectivity index is 3.16. The minimum absolute atomic E-state index is 2.38. The van der Waals surface area contributed by atoms with E-state index in [9.17, 15) is 43.5 Å². The van der Waals surface area contributed by atoms with Gasteiger partial charge in [-0.1, -0.05) is 0 Å². The Labute approximate surface area is 87.8 Å². The number of alkyl halides is 6. The first kappa shape index (κ1) is 14.2. The van der Waals surface area contributed by atoms with Crippen LogP contribution in [0.3, 0.4) is 0 Å². The molecule has 17 heavy (non-hydrogen) atoms. The third kappa shape index (κ3) is 1.69. The van der Waals surface area contributed by atoms with Crippen molar-refractivity contribution in [2.24, 2.45) is 0 Å². The van der Waals surface area contributed by atoms with Crippen LogP contribution in [0.15, 0.2) is 11.7 Å². The second-order valence-corrected chi connectivity index (χ2v) is 4.32. The molecule has 0 spiro atoms. The van der Waals surface area contributed by atoms with Crippen LogP contribution in [0.1, 0.15) is 0 Å². The third-order valence-corrected chi connectivity index (χ3v) is 2.68. The van der Waals surface area contributed by atoms with Crippen LogP contribution in [0.5, 0.6) is 0 Å². The Morgan fingerprint density at radius 1 is 1.00 bits per heavy atom. The van der Waals surface area contributed by atoms with Crippen molar-refractivity contribution in [3.05, 3.63) is 11.7 Å². The lowest BCUT2D eigenvalue weighted by molar-refractivity contribution is -0.246. The van der Waals surface area contributed by atoms with Gasteiger partial charge in [-0.15, -0.1) is 0 Å². The van der Waals surface area contributed by atoms with Gasteiger partial charge in [0, 0.05) is 0 Å². The van der Waals surface area contributed by atoms with Crippen LogP contribution in [0.4, 0.5) is 35.1 Å². The van der Waals surface area contributed by atoms with Gasteiger partial charge in [-0.25, -0.2) is 13.0 Å². The topological polar surface area (TPSA) is 43.4 Å². The predicted molar refractivity (Wildman–Crippen MR) is 34.1 cm³/mol. The van der Waals surface area contributed by atoms with Crippen LogP contribution in [-0.4, -0.2) is 25.7 Å². The molecule has 0 aromatic heterocycles. The standard InChI is InChI=1S/C5F8O3S/c6-1-2(7)4(10,3(1,8)9)16-17(14,15)5(11,12)13. The van der Waals surface area contributed by atoms with Crippen LogP contribution >= 0.6 is 0 Å². The molecule has 0 aromatic carbocycles. The zero-order valence-electron chi connectivity index (χ0n) is 7.16. The van der Waals surface area contributed by atoms with Gasteiger partial charge in [0.05, 0.1) is 0 Å². The van der Waals surface area contributed by atoms with Crippen molar-refractivity contribution < 1.29 is 47.7 Å². The summed E-state index contributed by atoms with van der Waals surface area (Å²) in [5.41, 5.74) is -6.26. The first-order chi connectivity index (χ1) is 7.27. The van der Waals surface area contributed by atoms with E-state index in [1.54, 1.807) is 0 Å². The summed E-state index contributed by atoms with van der Waals surface area (Å²) < 4.78 is 119. The van der Waals surface area contributed by atoms with Gasteiger partial charge in [0.15, 0.2) is 0 Å². The molecule has 1 rings (SSSR count). The van der Waals surface area contributed by atoms with Crippen molar-refractivity contribution in [1.82, 2.24) is 0 Å². The summed E-state index contributed by atoms with van der Waals surface area (Å²) in [6.07, 6.45) is 0. The van der Waals surface area contributed by atoms with E-state index in [-0.39, 0.29) is 0 Å². The maximum atomic E-state index is 12.8. The molecule has 1 aliphatic carbocycles. The smallest absolute Gasteiger partial charge is 0.209 e. The van der Waals surface area contributed by atoms with Crippen LogP contribution in [0, 0.1) is 0 Å². The second kappa shape index (κ2) is 3.31. The van der Waals surface area contributed by atoms with E-state index < -0.39 is 39.1 Å². The van der Waals surface area contributed by atoms with Crippen LogP contribution in [0.2, 0.25) is 0 Å². The zero-order chi connectivity index (χ0) is 13.9. The molecule has 0 amide bonds. The maximum Gasteiger partial charge on any atom is 0.523 e. The number of hydrogen-bond donors (Lipinski definition) is 0. The molecule has 0 radical (unpaired) electrons. The summed E-state index contributed by atoms with van der Waals surface area (Å²) in [5.74, 6) is -16.9. The van der Waals surface area contributed by atoms with Gasteiger partial charge in [-0.3, -0.25) is 0 Å². The lowest BCUT2D eigenvalue weighted by Crippen LogP contribution is -2.58. The molecule has 0 saturated carbocycles. The molecule has 1 unspecified atom stereocenters. The van der Waals surface area contributed by atoms with Gasteiger partial charge in [-0.2, -0.15) is 34.8 Å². The first-order valence-corrected chi connectivity index (χ1v) is 4.83. The van der Waals surface area contributed by atoms with Crippen molar-refractivity contribution in [3.63, 3.8) is 0 Å². The van der Waals surface area contributed by atoms with Crippen molar-refractivity contribution in [3.8, 4) is 0 Å². The highest BCUT2D eigenvalue weighted by Crippen LogP contribution is 2.57. The summed E-state index contributed by atoms with van der Waals surface area (Å²) in [7, 11) is -6.84. The summed E-state index contributed by atoms with van der Waals surface area (Å²) in [6, 6.07) is 0. The quantitative estimate of drug-likeness (QED) is 0.445. The first-order valence-electron chi connectivity index (χ1n) is 3.42. The van der Waals surface area contributed by atoms with E-state index >= 15 is 0 Å². The zero-order valence-corrected chi connectivity index (χ0v) is 7.97. The van der Waals surface area contributed by atoms with E-state index in [4.69, 9.17) is 0 Å². The molecule has 100 valence electrons. The van der Waals surface area contributed by atoms with Crippen molar-refractivity contribution in [1.29, 1.82) is 0 Å². The van der Waals surface area contributed by atoms with Crippen molar-refractivity contribution in [2.75, 3.05) is 0 Å². The summed E-state index contributed by atoms with van der Waals surface area (Å²) >= 11 is 0. The number of halogens is 8. The molecule has 0 N–H and O–H groups in total. The predicted octanol–water partition coefficient (Wildman–Crippen LogP) is 2.32. The SMILES string of the molecule is O=S(=O)(OC1(F)C(F)=C(F)C1(F)F)C(F)(F)F. The molecule has 3 nitrogen and oxygen atoms in total. The molecule has 12 heteroatoms. The molecule has 0 fully saturated rings. The Morgan fingerprint density at radius 2 is 1.41 bits per heavy atom. The number of rotatable bonds is 2. The fraction of sp³-hybridized carbons (Fsp3) is 0.600. The normalized spacial score (nSPS) is 29.2. The summed E-state index contributed by atoms with van der Waals surface area (Å²) in [5, 5.41) is 0. The average Bonchev–Trinajstić information content (AvgIpc) is 2.12. The minimum atomic E-state index is -6.84. The van der Waals surface area contributed by atoms with Gasteiger partial charge in [-0.05, 0) is 0 Å². The Hall–Kier alpha value is -0.910. The molecule has 1 atom stereocenters. The van der Waals surface area contributed by atoms with E-state index in [2.05, 4.69) is 4.18 Å². The van der Waals surface area contributed by atoms with Crippen LogP contribution in [-0.2, 0) is 14.3 Å². The molecule has 0 bridgehead atoms. The van der Waals surface area contributed by atoms with Gasteiger partial charge in [0.25, 0.3) is 0 Å². The van der Waals surface area contributed by atoms with E-state index in [1.807, 2.05) is 0 Å². The van der Waals surface area contributed by atoms with Crippen LogP contribution < -0.4 is 0 Å². The van der Waals surface area contributed by atoms with E-state index in [0.29, 0.717) is 0 Å². The van der Waals surface area contributed by atoms with E-state index in [1.165, 1.54) is 0 Å². The lowest BCUT2D eigenvalue weighted by Gasteiger charge is -2.37. The summed E-state index contributed by atoms with van der Waals surface area (Å²) in [4.78, 5) is 0. The molecule has 0 aliphatic heterocycles. The molecule has 1 aliphatic rings. The lowest BCUT2D eigenvalue weighted by atomic mass is 9.96. The largest absolute Gasteiger partial charge is 0.523 e. The Bertz CT molecular complexity index is 476. The highest BCUT2D eigenvalue weighted by atomic mass is 32.2. The Kier molecular flexibility index (Phi) is 2.75. The highest BCUT2D eigenvalue weighted by molar-refractivity contribution is 7.87. The Morgan fingerprint density at radius 3 is 1.71 bits per heavy atom. The fourth-order valence-electron chi connectivity index (χ4n) is 0.783. The van der Waals surface area contributed by atoms with Gasteiger partial charge in [0.1, 0.15) is 0 Å². The van der Waals surface area contributed by atoms with Gasteiger partial charge in [0.2, 0.25) is 11.7 Å². The molecule has 0 aromatic rings. The van der Waals surface area contributed by atoms with E-state index in [0.717, 1.165) is 0 Å². The van der Waals surface area contributed by atoms with Gasteiger partial charge >= 0.3 is 27.4 Å². The highest BCUT2D eigenvalue weighted by Gasteiger charge is 2.77. The van der Waals surface area contributed by atoms with Crippen molar-refractivity contribution in [2.45, 2.75) is 17.3 Å². The summed E-state index contributed by atoms with van der Waals surface area (Å²) in [6.45, 7) is 0. The molecule has 0 saturated heterocycles. The monoisotopic (exact) mass is 292 g/mol. The second-order valence-electron chi connectivity index (χ2n) is 2.78. The molecular weight excluding hydrogens is 292 g/mol. The van der Waals surface area contributed by atoms with Crippen molar-refractivity contribution >= 4 is 10.1 Å². The molecule has 0 heterocycles. The van der Waals surface area contributed by atoms with Crippen LogP contribution in [0.25, 0.3) is 0 Å².